The summed E-state index contributed by atoms with van der Waals surface area (Å²) in [6.07, 6.45) is 0.543. The Morgan fingerprint density at radius 1 is 1.92 bits per heavy atom. The van der Waals surface area contributed by atoms with E-state index in [1.807, 2.05) is 0 Å². The maximum absolute atomic E-state index is 11.2. The van der Waals surface area contributed by atoms with Crippen molar-refractivity contribution in [3.8, 4) is 0 Å². The van der Waals surface area contributed by atoms with E-state index in [1.165, 1.54) is 0 Å². The van der Waals surface area contributed by atoms with Gasteiger partial charge in [0.15, 0.2) is 0 Å². The van der Waals surface area contributed by atoms with E-state index in [9.17, 15) is 9.59 Å². The van der Waals surface area contributed by atoms with E-state index < -0.39 is 12.1 Å². The molecule has 0 aromatic carbocycles. The van der Waals surface area contributed by atoms with Crippen molar-refractivity contribution in [2.45, 2.75) is 25.4 Å². The van der Waals surface area contributed by atoms with E-state index in [0.29, 0.717) is 6.42 Å². The summed E-state index contributed by atoms with van der Waals surface area (Å²) >= 11 is 0. The number of nitrogens with two attached hydrogens (primary N) is 1. The van der Waals surface area contributed by atoms with Gasteiger partial charge in [-0.05, 0) is 6.42 Å². The smallest absolute Gasteiger partial charge is 0.268 e. The van der Waals surface area contributed by atoms with Crippen LogP contribution in [-0.2, 0) is 14.4 Å². The molecule has 0 spiro atoms. The van der Waals surface area contributed by atoms with Gasteiger partial charge in [0, 0.05) is 0 Å². The normalized spacial score (nSPS) is 23.8. The van der Waals surface area contributed by atoms with Crippen molar-refractivity contribution in [2.75, 3.05) is 6.61 Å². The molecule has 1 saturated heterocycles. The highest BCUT2D eigenvalue weighted by atomic mass is 16.7. The zero-order valence-electron chi connectivity index (χ0n) is 7.37. The molecule has 1 aliphatic heterocycles. The maximum Gasteiger partial charge on any atom is 0.268 e. The molecule has 0 saturated carbocycles. The third-order valence-electron chi connectivity index (χ3n) is 1.83. The lowest BCUT2D eigenvalue weighted by molar-refractivity contribution is -0.129. The number of nitrogens with one attached hydrogen (secondary N) is 2. The summed E-state index contributed by atoms with van der Waals surface area (Å²) in [7, 11) is 0. The molecule has 0 aromatic heterocycles. The van der Waals surface area contributed by atoms with E-state index in [-0.39, 0.29) is 18.4 Å². The molecule has 1 heterocycles. The van der Waals surface area contributed by atoms with Gasteiger partial charge in [-0.3, -0.25) is 14.4 Å². The fourth-order valence-corrected chi connectivity index (χ4v) is 0.914. The third kappa shape index (κ3) is 2.40. The van der Waals surface area contributed by atoms with Crippen molar-refractivity contribution in [1.29, 1.82) is 0 Å². The van der Waals surface area contributed by atoms with Crippen molar-refractivity contribution in [1.82, 2.24) is 10.8 Å². The molecule has 13 heavy (non-hydrogen) atoms. The van der Waals surface area contributed by atoms with Gasteiger partial charge < -0.3 is 11.1 Å². The molecule has 1 rings (SSSR count). The Labute approximate surface area is 75.8 Å². The molecule has 4 N–H and O–H groups in total. The van der Waals surface area contributed by atoms with Crippen molar-refractivity contribution >= 4 is 11.8 Å². The fourth-order valence-electron chi connectivity index (χ4n) is 0.914. The molecule has 6 heteroatoms. The van der Waals surface area contributed by atoms with E-state index in [1.54, 1.807) is 6.92 Å². The number of carbonyl (C=O) groups excluding carboxylic acids is 2. The van der Waals surface area contributed by atoms with Crippen LogP contribution >= 0.6 is 0 Å². The zero-order chi connectivity index (χ0) is 9.84. The molecule has 1 aliphatic rings. The van der Waals surface area contributed by atoms with Crippen LogP contribution in [0.15, 0.2) is 0 Å². The van der Waals surface area contributed by atoms with Crippen LogP contribution in [0, 0.1) is 0 Å². The van der Waals surface area contributed by atoms with Crippen LogP contribution in [0.25, 0.3) is 0 Å². The highest BCUT2D eigenvalue weighted by molar-refractivity contribution is 5.90. The molecule has 0 radical (unpaired) electrons. The standard InChI is InChI=1S/C7H13N3O3/c1-2-4(8)6(11)9-5-3-13-10-7(5)12/h4-5H,2-3,8H2,1H3,(H,9,11)(H,10,12)/t4-,5-/m1/s1. The van der Waals surface area contributed by atoms with Crippen LogP contribution < -0.4 is 16.5 Å². The SMILES string of the molecule is CC[C@@H](N)C(=O)N[C@@H]1CONC1=O. The molecule has 1 fully saturated rings. The molecule has 0 bridgehead atoms. The lowest BCUT2D eigenvalue weighted by Gasteiger charge is -2.12. The van der Waals surface area contributed by atoms with Crippen LogP contribution in [0.5, 0.6) is 0 Å². The zero-order valence-corrected chi connectivity index (χ0v) is 7.37. The van der Waals surface area contributed by atoms with Gasteiger partial charge in [-0.2, -0.15) is 0 Å². The number of hydrogen-bond acceptors (Lipinski definition) is 4. The van der Waals surface area contributed by atoms with Gasteiger partial charge >= 0.3 is 0 Å². The Morgan fingerprint density at radius 3 is 3.08 bits per heavy atom. The lowest BCUT2D eigenvalue weighted by Crippen LogP contribution is -2.48. The summed E-state index contributed by atoms with van der Waals surface area (Å²) in [6.45, 7) is 1.95. The molecule has 2 atom stereocenters. The second-order valence-corrected chi connectivity index (χ2v) is 2.85. The maximum atomic E-state index is 11.2. The molecule has 0 aliphatic carbocycles. The summed E-state index contributed by atoms with van der Waals surface area (Å²) in [4.78, 5) is 26.8. The summed E-state index contributed by atoms with van der Waals surface area (Å²) in [5.74, 6) is -0.662. The van der Waals surface area contributed by atoms with Crippen molar-refractivity contribution in [3.05, 3.63) is 0 Å². The molecule has 6 nitrogen and oxygen atoms in total. The van der Waals surface area contributed by atoms with E-state index >= 15 is 0 Å². The topological polar surface area (TPSA) is 93.5 Å². The minimum absolute atomic E-state index is 0.154. The quantitative estimate of drug-likeness (QED) is 0.489. The number of rotatable bonds is 3. The molecular formula is C7H13N3O3. The van der Waals surface area contributed by atoms with E-state index in [0.717, 1.165) is 0 Å². The highest BCUT2D eigenvalue weighted by Gasteiger charge is 2.28. The predicted molar refractivity (Wildman–Crippen MR) is 44.3 cm³/mol. The second kappa shape index (κ2) is 4.20. The van der Waals surface area contributed by atoms with Gasteiger partial charge in [-0.25, -0.2) is 5.48 Å². The summed E-state index contributed by atoms with van der Waals surface area (Å²) < 4.78 is 0. The van der Waals surface area contributed by atoms with Crippen LogP contribution in [0.1, 0.15) is 13.3 Å². The van der Waals surface area contributed by atoms with Gasteiger partial charge in [-0.1, -0.05) is 6.92 Å². The van der Waals surface area contributed by atoms with Crippen molar-refractivity contribution in [2.24, 2.45) is 5.73 Å². The second-order valence-electron chi connectivity index (χ2n) is 2.85. The van der Waals surface area contributed by atoms with Crippen molar-refractivity contribution in [3.63, 3.8) is 0 Å². The van der Waals surface area contributed by atoms with Gasteiger partial charge in [-0.15, -0.1) is 0 Å². The summed E-state index contributed by atoms with van der Waals surface area (Å²) in [6, 6.07) is -1.17. The van der Waals surface area contributed by atoms with Gasteiger partial charge in [0.05, 0.1) is 6.04 Å². The first-order valence-electron chi connectivity index (χ1n) is 4.12. The monoisotopic (exact) mass is 187 g/mol. The van der Waals surface area contributed by atoms with Gasteiger partial charge in [0.1, 0.15) is 12.6 Å². The lowest BCUT2D eigenvalue weighted by atomic mass is 10.2. The van der Waals surface area contributed by atoms with E-state index in [4.69, 9.17) is 5.73 Å². The molecule has 0 aromatic rings. The molecule has 2 amide bonds. The molecular weight excluding hydrogens is 174 g/mol. The average Bonchev–Trinajstić information content (AvgIpc) is 2.50. The first-order valence-corrected chi connectivity index (χ1v) is 4.12. The Morgan fingerprint density at radius 2 is 2.62 bits per heavy atom. The van der Waals surface area contributed by atoms with Crippen LogP contribution in [0.4, 0.5) is 0 Å². The Kier molecular flexibility index (Phi) is 3.21. The predicted octanol–water partition coefficient (Wildman–Crippen LogP) is -1.73. The van der Waals surface area contributed by atoms with Crippen LogP contribution in [0.2, 0.25) is 0 Å². The van der Waals surface area contributed by atoms with Crippen molar-refractivity contribution < 1.29 is 14.4 Å². The number of carbonyl (C=O) groups is 2. The minimum Gasteiger partial charge on any atom is -0.341 e. The Bertz CT molecular complexity index is 219. The molecule has 74 valence electrons. The first-order chi connectivity index (χ1) is 6.15. The van der Waals surface area contributed by atoms with Gasteiger partial charge in [0.25, 0.3) is 5.91 Å². The first kappa shape index (κ1) is 9.94. The fraction of sp³-hybridized carbons (Fsp3) is 0.714. The summed E-state index contributed by atoms with van der Waals surface area (Å²) in [5.41, 5.74) is 7.59. The minimum atomic E-state index is -0.606. The number of hydroxylamine groups is 1. The summed E-state index contributed by atoms with van der Waals surface area (Å²) in [5, 5.41) is 2.48. The Balaban J connectivity index is 2.39. The highest BCUT2D eigenvalue weighted by Crippen LogP contribution is 1.95. The van der Waals surface area contributed by atoms with Crippen LogP contribution in [-0.4, -0.2) is 30.5 Å². The van der Waals surface area contributed by atoms with Crippen LogP contribution in [0.3, 0.4) is 0 Å². The van der Waals surface area contributed by atoms with Gasteiger partial charge in [0.2, 0.25) is 5.91 Å². The number of hydrogen-bond donors (Lipinski definition) is 3. The average molecular weight is 187 g/mol. The Hall–Kier alpha value is -1.14. The largest absolute Gasteiger partial charge is 0.341 e. The number of amides is 2. The van der Waals surface area contributed by atoms with E-state index in [2.05, 4.69) is 15.6 Å². The third-order valence-corrected chi connectivity index (χ3v) is 1.83. The molecule has 0 unspecified atom stereocenters.